The Kier molecular flexibility index (Phi) is 4.81. The first-order chi connectivity index (χ1) is 11.1. The van der Waals surface area contributed by atoms with E-state index in [1.165, 1.54) is 0 Å². The van der Waals surface area contributed by atoms with Gasteiger partial charge in [0.05, 0.1) is 12.7 Å². The minimum absolute atomic E-state index is 0.0737. The van der Waals surface area contributed by atoms with Gasteiger partial charge in [0, 0.05) is 17.7 Å². The minimum atomic E-state index is -0.830. The molecule has 1 fully saturated rings. The first-order valence-electron chi connectivity index (χ1n) is 7.60. The molecule has 1 saturated heterocycles. The van der Waals surface area contributed by atoms with E-state index in [0.717, 1.165) is 11.3 Å². The summed E-state index contributed by atoms with van der Waals surface area (Å²) < 4.78 is 11.3. The Labute approximate surface area is 134 Å². The zero-order valence-corrected chi connectivity index (χ0v) is 12.9. The maximum atomic E-state index is 12.4. The second-order valence-electron chi connectivity index (χ2n) is 5.61. The van der Waals surface area contributed by atoms with Crippen LogP contribution in [0.2, 0.25) is 0 Å². The van der Waals surface area contributed by atoms with E-state index < -0.39 is 18.5 Å². The third-order valence-corrected chi connectivity index (χ3v) is 3.78. The van der Waals surface area contributed by atoms with Gasteiger partial charge in [0.25, 0.3) is 0 Å². The fourth-order valence-corrected chi connectivity index (χ4v) is 2.54. The third-order valence-electron chi connectivity index (χ3n) is 3.78. The monoisotopic (exact) mass is 313 g/mol. The summed E-state index contributed by atoms with van der Waals surface area (Å²) in [5.41, 5.74) is 2.04. The summed E-state index contributed by atoms with van der Waals surface area (Å²) in [4.78, 5) is 16.6. The van der Waals surface area contributed by atoms with E-state index in [2.05, 4.69) is 4.98 Å². The number of pyridine rings is 1. The maximum Gasteiger partial charge on any atom is 0.184 e. The molecule has 3 atom stereocenters. The van der Waals surface area contributed by atoms with Gasteiger partial charge in [-0.1, -0.05) is 36.4 Å². The highest BCUT2D eigenvalue weighted by Crippen LogP contribution is 2.28. The van der Waals surface area contributed by atoms with Crippen molar-refractivity contribution in [3.05, 3.63) is 65.5 Å². The van der Waals surface area contributed by atoms with E-state index in [0.29, 0.717) is 5.69 Å². The first kappa shape index (κ1) is 15.8. The molecule has 5 nitrogen and oxygen atoms in total. The molecule has 0 saturated carbocycles. The topological polar surface area (TPSA) is 68.7 Å². The average Bonchev–Trinajstić information content (AvgIpc) is 2.57. The standard InChI is InChI=1S/C18H19NO4/c1-12-6-5-9-14(19-12)15(20)10-17-16(21)11-22-18(23-17)13-7-3-2-4-8-13/h2-9,16-18,21H,10-11H2,1H3/t16-,17+,18?/m1/s1. The van der Waals surface area contributed by atoms with Crippen LogP contribution in [0, 0.1) is 6.92 Å². The van der Waals surface area contributed by atoms with E-state index in [4.69, 9.17) is 9.47 Å². The van der Waals surface area contributed by atoms with Crippen LogP contribution >= 0.6 is 0 Å². The molecule has 1 aromatic carbocycles. The molecule has 1 aromatic heterocycles. The fraction of sp³-hybridized carbons (Fsp3) is 0.333. The summed E-state index contributed by atoms with van der Waals surface area (Å²) in [6.45, 7) is 1.97. The summed E-state index contributed by atoms with van der Waals surface area (Å²) in [5.74, 6) is -0.147. The van der Waals surface area contributed by atoms with Gasteiger partial charge in [-0.05, 0) is 19.1 Å². The Bertz CT molecular complexity index is 674. The van der Waals surface area contributed by atoms with Crippen LogP contribution in [0.5, 0.6) is 0 Å². The number of carbonyl (C=O) groups excluding carboxylic acids is 1. The average molecular weight is 313 g/mol. The van der Waals surface area contributed by atoms with Gasteiger partial charge in [0.1, 0.15) is 11.8 Å². The zero-order valence-electron chi connectivity index (χ0n) is 12.9. The number of hydrogen-bond acceptors (Lipinski definition) is 5. The molecule has 1 aliphatic rings. The van der Waals surface area contributed by atoms with Crippen molar-refractivity contribution in [3.63, 3.8) is 0 Å². The normalized spacial score (nSPS) is 24.3. The van der Waals surface area contributed by atoms with Crippen LogP contribution in [-0.2, 0) is 9.47 Å². The number of Topliss-reactive ketones (excluding diaryl/α,β-unsaturated/α-hetero) is 1. The number of rotatable bonds is 4. The number of carbonyl (C=O) groups is 1. The third kappa shape index (κ3) is 3.82. The van der Waals surface area contributed by atoms with E-state index in [1.807, 2.05) is 43.3 Å². The number of hydrogen-bond donors (Lipinski definition) is 1. The Balaban J connectivity index is 1.69. The van der Waals surface area contributed by atoms with E-state index in [-0.39, 0.29) is 18.8 Å². The van der Waals surface area contributed by atoms with Crippen LogP contribution in [0.25, 0.3) is 0 Å². The highest BCUT2D eigenvalue weighted by molar-refractivity contribution is 5.94. The van der Waals surface area contributed by atoms with E-state index >= 15 is 0 Å². The molecule has 0 amide bonds. The number of benzene rings is 1. The highest BCUT2D eigenvalue weighted by Gasteiger charge is 2.33. The molecule has 3 rings (SSSR count). The Morgan fingerprint density at radius 2 is 2.00 bits per heavy atom. The molecule has 120 valence electrons. The molecule has 2 heterocycles. The van der Waals surface area contributed by atoms with Crippen LogP contribution in [0.15, 0.2) is 48.5 Å². The van der Waals surface area contributed by atoms with Crippen molar-refractivity contribution in [1.29, 1.82) is 0 Å². The van der Waals surface area contributed by atoms with Crippen LogP contribution in [-0.4, -0.2) is 34.7 Å². The van der Waals surface area contributed by atoms with Crippen molar-refractivity contribution < 1.29 is 19.4 Å². The van der Waals surface area contributed by atoms with Crippen molar-refractivity contribution in [1.82, 2.24) is 4.98 Å². The van der Waals surface area contributed by atoms with Gasteiger partial charge in [0.15, 0.2) is 12.1 Å². The number of ether oxygens (including phenoxy) is 2. The quantitative estimate of drug-likeness (QED) is 0.878. The van der Waals surface area contributed by atoms with Crippen molar-refractivity contribution in [2.45, 2.75) is 31.8 Å². The van der Waals surface area contributed by atoms with Gasteiger partial charge in [-0.2, -0.15) is 0 Å². The maximum absolute atomic E-state index is 12.4. The largest absolute Gasteiger partial charge is 0.388 e. The Hall–Kier alpha value is -2.08. The SMILES string of the molecule is Cc1cccc(C(=O)C[C@@H]2OC(c3ccccc3)OC[C@H]2O)n1. The molecule has 0 radical (unpaired) electrons. The second kappa shape index (κ2) is 7.00. The lowest BCUT2D eigenvalue weighted by Crippen LogP contribution is -2.41. The predicted molar refractivity (Wildman–Crippen MR) is 83.9 cm³/mol. The van der Waals surface area contributed by atoms with E-state index in [1.54, 1.807) is 12.1 Å². The Morgan fingerprint density at radius 1 is 1.22 bits per heavy atom. The molecular weight excluding hydrogens is 294 g/mol. The smallest absolute Gasteiger partial charge is 0.184 e. The lowest BCUT2D eigenvalue weighted by atomic mass is 10.0. The number of ketones is 1. The number of aliphatic hydroxyl groups is 1. The van der Waals surface area contributed by atoms with Gasteiger partial charge in [-0.15, -0.1) is 0 Å². The molecule has 0 aliphatic carbocycles. The number of aryl methyl sites for hydroxylation is 1. The molecule has 0 bridgehead atoms. The van der Waals surface area contributed by atoms with Crippen LogP contribution in [0.3, 0.4) is 0 Å². The molecule has 23 heavy (non-hydrogen) atoms. The Morgan fingerprint density at radius 3 is 2.74 bits per heavy atom. The molecule has 1 aliphatic heterocycles. The summed E-state index contributed by atoms with van der Waals surface area (Å²) in [7, 11) is 0. The lowest BCUT2D eigenvalue weighted by molar-refractivity contribution is -0.255. The fourth-order valence-electron chi connectivity index (χ4n) is 2.54. The van der Waals surface area contributed by atoms with Crippen LogP contribution in [0.1, 0.15) is 34.5 Å². The second-order valence-corrected chi connectivity index (χ2v) is 5.61. The van der Waals surface area contributed by atoms with Crippen molar-refractivity contribution in [3.8, 4) is 0 Å². The van der Waals surface area contributed by atoms with E-state index in [9.17, 15) is 9.90 Å². The number of aliphatic hydroxyl groups excluding tert-OH is 1. The summed E-state index contributed by atoms with van der Waals surface area (Å²) in [5, 5.41) is 10.1. The van der Waals surface area contributed by atoms with Crippen LogP contribution in [0.4, 0.5) is 0 Å². The van der Waals surface area contributed by atoms with Gasteiger partial charge in [-0.25, -0.2) is 0 Å². The van der Waals surface area contributed by atoms with Crippen molar-refractivity contribution in [2.24, 2.45) is 0 Å². The summed E-state index contributed by atoms with van der Waals surface area (Å²) >= 11 is 0. The molecule has 5 heteroatoms. The van der Waals surface area contributed by atoms with Crippen molar-refractivity contribution in [2.75, 3.05) is 6.61 Å². The number of aromatic nitrogens is 1. The molecule has 2 aromatic rings. The van der Waals surface area contributed by atoms with Gasteiger partial charge in [-0.3, -0.25) is 9.78 Å². The predicted octanol–water partition coefficient (Wildman–Crippen LogP) is 2.44. The van der Waals surface area contributed by atoms with Gasteiger partial charge >= 0.3 is 0 Å². The lowest BCUT2D eigenvalue weighted by Gasteiger charge is -2.33. The van der Waals surface area contributed by atoms with Gasteiger partial charge < -0.3 is 14.6 Å². The molecule has 1 N–H and O–H groups in total. The zero-order chi connectivity index (χ0) is 16.2. The summed E-state index contributed by atoms with van der Waals surface area (Å²) in [6.07, 6.45) is -1.93. The number of nitrogens with zero attached hydrogens (tertiary/aromatic N) is 1. The van der Waals surface area contributed by atoms with Crippen molar-refractivity contribution >= 4 is 5.78 Å². The molecule has 0 spiro atoms. The minimum Gasteiger partial charge on any atom is -0.388 e. The summed E-state index contributed by atoms with van der Waals surface area (Å²) in [6, 6.07) is 14.8. The molecular formula is C18H19NO4. The van der Waals surface area contributed by atoms with Crippen LogP contribution < -0.4 is 0 Å². The highest BCUT2D eigenvalue weighted by atomic mass is 16.7. The molecule has 1 unspecified atom stereocenters. The van der Waals surface area contributed by atoms with Gasteiger partial charge in [0.2, 0.25) is 0 Å². The first-order valence-corrected chi connectivity index (χ1v) is 7.60.